The van der Waals surface area contributed by atoms with Crippen LogP contribution in [0.4, 0.5) is 0 Å². The lowest BCUT2D eigenvalue weighted by Gasteiger charge is -2.13. The van der Waals surface area contributed by atoms with Gasteiger partial charge in [0.1, 0.15) is 0 Å². The van der Waals surface area contributed by atoms with E-state index >= 15 is 0 Å². The third-order valence-corrected chi connectivity index (χ3v) is 9.99. The third kappa shape index (κ3) is 2.76. The molecule has 0 N–H and O–H groups in total. The van der Waals surface area contributed by atoms with Crippen LogP contribution in [-0.2, 0) is 0 Å². The van der Waals surface area contributed by atoms with Crippen LogP contribution >= 0.6 is 11.3 Å². The number of hydrogen-bond donors (Lipinski definition) is 0. The van der Waals surface area contributed by atoms with Crippen LogP contribution in [0.1, 0.15) is 0 Å². The summed E-state index contributed by atoms with van der Waals surface area (Å²) in [5.41, 5.74) is 6.22. The highest BCUT2D eigenvalue weighted by Crippen LogP contribution is 2.45. The number of para-hydroxylation sites is 2. The number of benzene rings is 6. The first kappa shape index (κ1) is 21.7. The van der Waals surface area contributed by atoms with Gasteiger partial charge in [0.25, 0.3) is 0 Å². The van der Waals surface area contributed by atoms with Crippen molar-refractivity contribution in [3.63, 3.8) is 0 Å². The molecular weight excluding hydrogens is 516 g/mol. The van der Waals surface area contributed by atoms with Crippen LogP contribution < -0.4 is 0 Å². The van der Waals surface area contributed by atoms with E-state index in [1.165, 1.54) is 85.6 Å². The summed E-state index contributed by atoms with van der Waals surface area (Å²) in [6.45, 7) is 0. The predicted octanol–water partition coefficient (Wildman–Crippen LogP) is 10.9. The fourth-order valence-corrected chi connectivity index (χ4v) is 8.27. The summed E-state index contributed by atoms with van der Waals surface area (Å²) in [6.07, 6.45) is 2.34. The summed E-state index contributed by atoms with van der Waals surface area (Å²) in [5, 5.41) is 11.7. The molecule has 0 aliphatic heterocycles. The van der Waals surface area contributed by atoms with Crippen molar-refractivity contribution in [1.82, 2.24) is 8.97 Å². The number of hydrogen-bond acceptors (Lipinski definition) is 1. The molecule has 190 valence electrons. The molecule has 0 saturated heterocycles. The number of pyridine rings is 1. The highest BCUT2D eigenvalue weighted by Gasteiger charge is 2.20. The Morgan fingerprint density at radius 2 is 1.20 bits per heavy atom. The molecule has 4 heterocycles. The van der Waals surface area contributed by atoms with Gasteiger partial charge in [-0.3, -0.25) is 0 Å². The van der Waals surface area contributed by atoms with Crippen LogP contribution in [0.5, 0.6) is 0 Å². The van der Waals surface area contributed by atoms with E-state index in [2.05, 4.69) is 143 Å². The van der Waals surface area contributed by atoms with Crippen molar-refractivity contribution in [3.05, 3.63) is 134 Å². The number of nitrogens with zero attached hydrogens (tertiary/aromatic N) is 2. The lowest BCUT2D eigenvalue weighted by atomic mass is 9.98. The highest BCUT2D eigenvalue weighted by molar-refractivity contribution is 7.26. The molecule has 0 atom stereocenters. The zero-order valence-electron chi connectivity index (χ0n) is 22.0. The van der Waals surface area contributed by atoms with Gasteiger partial charge in [-0.2, -0.15) is 0 Å². The third-order valence-electron chi connectivity index (χ3n) is 8.85. The zero-order chi connectivity index (χ0) is 26.7. The molecule has 0 spiro atoms. The van der Waals surface area contributed by atoms with Gasteiger partial charge in [0.15, 0.2) is 0 Å². The molecule has 0 aliphatic rings. The van der Waals surface area contributed by atoms with E-state index in [4.69, 9.17) is 0 Å². The minimum atomic E-state index is 1.18. The molecule has 0 radical (unpaired) electrons. The summed E-state index contributed by atoms with van der Waals surface area (Å²) in [7, 11) is 0. The van der Waals surface area contributed by atoms with E-state index in [-0.39, 0.29) is 0 Å². The van der Waals surface area contributed by atoms with Crippen LogP contribution in [0.15, 0.2) is 134 Å². The second-order valence-corrected chi connectivity index (χ2v) is 12.1. The Morgan fingerprint density at radius 1 is 0.439 bits per heavy atom. The number of aromatic nitrogens is 2. The minimum absolute atomic E-state index is 1.18. The van der Waals surface area contributed by atoms with Crippen LogP contribution in [0, 0.1) is 0 Å². The van der Waals surface area contributed by atoms with Gasteiger partial charge < -0.3 is 8.97 Å². The van der Waals surface area contributed by atoms with E-state index in [0.717, 1.165) is 0 Å². The minimum Gasteiger partial charge on any atom is -0.314 e. The quantitative estimate of drug-likeness (QED) is 0.184. The van der Waals surface area contributed by atoms with Gasteiger partial charge in [0.05, 0.1) is 22.1 Å². The van der Waals surface area contributed by atoms with Gasteiger partial charge in [-0.05, 0) is 47.9 Å². The molecule has 0 saturated carbocycles. The average molecular weight is 539 g/mol. The van der Waals surface area contributed by atoms with Crippen molar-refractivity contribution in [3.8, 4) is 5.69 Å². The fraction of sp³-hybridized carbons (Fsp3) is 0. The van der Waals surface area contributed by atoms with Gasteiger partial charge in [-0.1, -0.05) is 84.9 Å². The molecule has 6 aromatic carbocycles. The molecule has 0 bridgehead atoms. The van der Waals surface area contributed by atoms with Gasteiger partial charge in [-0.15, -0.1) is 11.3 Å². The second kappa shape index (κ2) is 7.75. The number of fused-ring (bicyclic) bond motifs is 15. The van der Waals surface area contributed by atoms with Crippen molar-refractivity contribution >= 4 is 91.3 Å². The Labute approximate surface area is 238 Å². The lowest BCUT2D eigenvalue weighted by Crippen LogP contribution is -1.94. The molecule has 0 aliphatic carbocycles. The molecule has 0 fully saturated rings. The van der Waals surface area contributed by atoms with E-state index in [1.54, 1.807) is 0 Å². The van der Waals surface area contributed by atoms with Crippen molar-refractivity contribution in [2.45, 2.75) is 0 Å². The lowest BCUT2D eigenvalue weighted by molar-refractivity contribution is 1.18. The Hall–Kier alpha value is -5.12. The molecule has 2 nitrogen and oxygen atoms in total. The fourth-order valence-electron chi connectivity index (χ4n) is 7.17. The first-order valence-corrected chi connectivity index (χ1v) is 14.8. The van der Waals surface area contributed by atoms with Crippen molar-refractivity contribution in [2.75, 3.05) is 0 Å². The molecule has 3 heteroatoms. The monoisotopic (exact) mass is 538 g/mol. The smallest absolute Gasteiger partial charge is 0.0628 e. The van der Waals surface area contributed by atoms with Crippen LogP contribution in [0.2, 0.25) is 0 Å². The number of thiophene rings is 1. The Bertz CT molecular complexity index is 2690. The van der Waals surface area contributed by atoms with Crippen molar-refractivity contribution in [1.29, 1.82) is 0 Å². The molecule has 10 aromatic rings. The summed E-state index contributed by atoms with van der Waals surface area (Å²) in [5.74, 6) is 0. The van der Waals surface area contributed by atoms with Gasteiger partial charge in [0.2, 0.25) is 0 Å². The van der Waals surface area contributed by atoms with Gasteiger partial charge in [-0.25, -0.2) is 0 Å². The maximum Gasteiger partial charge on any atom is 0.0628 e. The second-order valence-electron chi connectivity index (χ2n) is 11.0. The predicted molar refractivity (Wildman–Crippen MR) is 177 cm³/mol. The maximum atomic E-state index is 2.48. The Kier molecular flexibility index (Phi) is 4.10. The van der Waals surface area contributed by atoms with Gasteiger partial charge in [0, 0.05) is 64.4 Å². The average Bonchev–Trinajstić information content (AvgIpc) is 3.70. The molecule has 0 amide bonds. The first-order chi connectivity index (χ1) is 20.3. The molecule has 0 unspecified atom stereocenters. The van der Waals surface area contributed by atoms with Crippen molar-refractivity contribution < 1.29 is 0 Å². The zero-order valence-corrected chi connectivity index (χ0v) is 22.8. The maximum absolute atomic E-state index is 2.48. The highest BCUT2D eigenvalue weighted by atomic mass is 32.1. The molecule has 10 rings (SSSR count). The molecule has 41 heavy (non-hydrogen) atoms. The first-order valence-electron chi connectivity index (χ1n) is 14.0. The van der Waals surface area contributed by atoms with E-state index in [0.29, 0.717) is 0 Å². The normalized spacial score (nSPS) is 12.4. The number of rotatable bonds is 1. The summed E-state index contributed by atoms with van der Waals surface area (Å²) < 4.78 is 7.57. The van der Waals surface area contributed by atoms with Gasteiger partial charge >= 0.3 is 0 Å². The van der Waals surface area contributed by atoms with E-state index in [1.807, 2.05) is 11.3 Å². The topological polar surface area (TPSA) is 9.34 Å². The molecule has 4 aromatic heterocycles. The van der Waals surface area contributed by atoms with Crippen LogP contribution in [-0.4, -0.2) is 8.97 Å². The van der Waals surface area contributed by atoms with Crippen molar-refractivity contribution in [2.24, 2.45) is 0 Å². The van der Waals surface area contributed by atoms with E-state index < -0.39 is 0 Å². The summed E-state index contributed by atoms with van der Waals surface area (Å²) in [4.78, 5) is 0. The van der Waals surface area contributed by atoms with Crippen LogP contribution in [0.3, 0.4) is 0 Å². The Balaban J connectivity index is 1.52. The summed E-state index contributed by atoms with van der Waals surface area (Å²) >= 11 is 1.89. The summed E-state index contributed by atoms with van der Waals surface area (Å²) in [6, 6.07) is 46.8. The molecular formula is C38H22N2S. The Morgan fingerprint density at radius 3 is 2.10 bits per heavy atom. The van der Waals surface area contributed by atoms with Crippen LogP contribution in [0.25, 0.3) is 85.6 Å². The van der Waals surface area contributed by atoms with E-state index in [9.17, 15) is 0 Å². The SMILES string of the molecule is c1ccc(-n2c3ccccc3c3cc4c(cc32)c2c3ccccc3cn2c2c4ccc3sc4ccccc4c32)cc1. The largest absolute Gasteiger partial charge is 0.314 e. The standard InChI is InChI=1S/C38H22N2S/c1-2-11-24(12-3-1)40-32-16-8-6-14-26(32)30-20-29-27-18-19-35-36(28-15-7-9-17-34(28)41-35)38(27)39-22-23-10-4-5-13-25(23)37(39)31(29)21-33(30)40/h1-22H.